The van der Waals surface area contributed by atoms with Gasteiger partial charge in [-0.15, -0.1) is 23.2 Å². The molecular formula is C29H19Cl2F5N2O7. The fourth-order valence-electron chi connectivity index (χ4n) is 7.14. The summed E-state index contributed by atoms with van der Waals surface area (Å²) in [6, 6.07) is 5.13. The second kappa shape index (κ2) is 10.2. The van der Waals surface area contributed by atoms with Gasteiger partial charge in [0, 0.05) is 12.5 Å². The summed E-state index contributed by atoms with van der Waals surface area (Å²) in [5.41, 5.74) is -1.65. The Labute approximate surface area is 259 Å². The number of carboxylic acid groups (broad SMARTS) is 1. The lowest BCUT2D eigenvalue weighted by Gasteiger charge is -2.50. The van der Waals surface area contributed by atoms with Crippen LogP contribution in [0.3, 0.4) is 0 Å². The molecule has 16 heteroatoms. The number of halogens is 7. The van der Waals surface area contributed by atoms with Crippen molar-refractivity contribution in [2.75, 3.05) is 11.4 Å². The van der Waals surface area contributed by atoms with Crippen molar-refractivity contribution in [1.29, 1.82) is 0 Å². The molecule has 45 heavy (non-hydrogen) atoms. The van der Waals surface area contributed by atoms with Gasteiger partial charge in [-0.05, 0) is 36.5 Å². The average molecular weight is 673 g/mol. The number of phenols is 1. The third-order valence-corrected chi connectivity index (χ3v) is 10.5. The average Bonchev–Trinajstić information content (AvgIpc) is 3.32. The van der Waals surface area contributed by atoms with Crippen LogP contribution in [0.1, 0.15) is 30.7 Å². The number of rotatable bonds is 5. The number of alkyl halides is 2. The van der Waals surface area contributed by atoms with Gasteiger partial charge in [0.2, 0.25) is 17.6 Å². The van der Waals surface area contributed by atoms with Crippen LogP contribution in [0, 0.1) is 46.8 Å². The Balaban J connectivity index is 1.55. The van der Waals surface area contributed by atoms with E-state index in [1.54, 1.807) is 0 Å². The van der Waals surface area contributed by atoms with E-state index < -0.39 is 117 Å². The van der Waals surface area contributed by atoms with E-state index in [0.29, 0.717) is 0 Å². The molecule has 4 aliphatic rings. The van der Waals surface area contributed by atoms with Gasteiger partial charge < -0.3 is 10.2 Å². The number of phenolic OH excluding ortho intramolecular Hbond substituents is 1. The van der Waals surface area contributed by atoms with Gasteiger partial charge in [0.25, 0.3) is 11.8 Å². The maximum atomic E-state index is 15.0. The van der Waals surface area contributed by atoms with Crippen LogP contribution in [0.2, 0.25) is 0 Å². The third kappa shape index (κ3) is 4.00. The molecule has 2 aromatic rings. The molecule has 236 valence electrons. The van der Waals surface area contributed by atoms with Crippen LogP contribution in [-0.2, 0) is 24.0 Å². The zero-order chi connectivity index (χ0) is 32.9. The van der Waals surface area contributed by atoms with Gasteiger partial charge in [-0.1, -0.05) is 23.8 Å². The summed E-state index contributed by atoms with van der Waals surface area (Å²) in [5, 5.41) is 19.4. The van der Waals surface area contributed by atoms with Crippen molar-refractivity contribution in [2.45, 2.75) is 34.9 Å². The molecule has 0 unspecified atom stereocenters. The van der Waals surface area contributed by atoms with Crippen molar-refractivity contribution in [3.63, 3.8) is 0 Å². The van der Waals surface area contributed by atoms with E-state index in [0.717, 1.165) is 11.0 Å². The summed E-state index contributed by atoms with van der Waals surface area (Å²) in [7, 11) is 0. The first-order valence-electron chi connectivity index (χ1n) is 13.4. The number of fused-ring (bicyclic) bond motifs is 4. The molecule has 0 bridgehead atoms. The first-order valence-corrected chi connectivity index (χ1v) is 14.2. The number of aromatic hydroxyl groups is 1. The minimum Gasteiger partial charge on any atom is -0.508 e. The quantitative estimate of drug-likeness (QED) is 0.122. The van der Waals surface area contributed by atoms with Gasteiger partial charge in [-0.3, -0.25) is 28.9 Å². The smallest absolute Gasteiger partial charge is 0.305 e. The summed E-state index contributed by atoms with van der Waals surface area (Å²) in [6.07, 6.45) is 0.155. The molecule has 4 amide bonds. The standard InChI is InChI=1S/C29H19Cl2F5N2O7/c30-28-9-14-12(4-5-13-16(14)25(43)37(24(13)42)7-6-15(40)41)17(10-2-1-3-11(39)8-10)29(28,31)27(45)38(26(28)44)23-21(35)19(33)18(32)20(34)22(23)36/h1-4,8,13-14,16-17,39H,5-7,9H2,(H,40,41)/t13-,14+,16-,17-,28+,29-/m0/s1. The fourth-order valence-corrected chi connectivity index (χ4v) is 8.07. The molecule has 2 N–H and O–H groups in total. The molecule has 2 heterocycles. The predicted octanol–water partition coefficient (Wildman–Crippen LogP) is 4.13. The monoisotopic (exact) mass is 672 g/mol. The van der Waals surface area contributed by atoms with Crippen molar-refractivity contribution < 1.29 is 56.1 Å². The molecule has 2 aliphatic heterocycles. The Kier molecular flexibility index (Phi) is 7.05. The largest absolute Gasteiger partial charge is 0.508 e. The van der Waals surface area contributed by atoms with Crippen LogP contribution < -0.4 is 4.90 Å². The highest BCUT2D eigenvalue weighted by Crippen LogP contribution is 2.66. The number of likely N-dealkylation sites (tertiary alicyclic amines) is 1. The minimum atomic E-state index is -2.70. The number of nitrogens with zero attached hydrogens (tertiary/aromatic N) is 2. The summed E-state index contributed by atoms with van der Waals surface area (Å²) in [5.74, 6) is -23.7. The number of amides is 4. The SMILES string of the molecule is O=C(O)CCN1C(=O)[C@H]2[C@H](CC=C3[C@H]2C[C@@]2(Cl)C(=O)N(c4c(F)c(F)c(F)c(F)c4F)C(=O)[C@@]2(Cl)[C@H]3c2cccc(O)c2)C1=O. The molecule has 0 aromatic heterocycles. The van der Waals surface area contributed by atoms with Gasteiger partial charge in [-0.25, -0.2) is 26.9 Å². The fraction of sp³-hybridized carbons (Fsp3) is 0.345. The summed E-state index contributed by atoms with van der Waals surface area (Å²) in [6.45, 7) is -0.449. The Morgan fingerprint density at radius 3 is 2.13 bits per heavy atom. The summed E-state index contributed by atoms with van der Waals surface area (Å²) >= 11 is 13.9. The second-order valence-corrected chi connectivity index (χ2v) is 12.5. The van der Waals surface area contributed by atoms with Gasteiger partial charge in [0.15, 0.2) is 33.0 Å². The van der Waals surface area contributed by atoms with Gasteiger partial charge in [0.05, 0.1) is 18.3 Å². The van der Waals surface area contributed by atoms with Crippen molar-refractivity contribution in [1.82, 2.24) is 4.90 Å². The van der Waals surface area contributed by atoms with Crippen molar-refractivity contribution in [3.8, 4) is 5.75 Å². The number of imide groups is 2. The summed E-state index contributed by atoms with van der Waals surface area (Å²) in [4.78, 5) is 61.2. The Morgan fingerprint density at radius 1 is 0.911 bits per heavy atom. The van der Waals surface area contributed by atoms with E-state index in [9.17, 15) is 42.3 Å². The number of carbonyl (C=O) groups is 5. The summed E-state index contributed by atoms with van der Waals surface area (Å²) < 4.78 is 72.4. The first kappa shape index (κ1) is 31.0. The van der Waals surface area contributed by atoms with Gasteiger partial charge >= 0.3 is 5.97 Å². The predicted molar refractivity (Wildman–Crippen MR) is 144 cm³/mol. The zero-order valence-corrected chi connectivity index (χ0v) is 24.0. The lowest BCUT2D eigenvalue weighted by Crippen LogP contribution is -2.60. The normalized spacial score (nSPS) is 30.8. The number of hydrogen-bond acceptors (Lipinski definition) is 6. The van der Waals surface area contributed by atoms with Crippen molar-refractivity contribution in [2.24, 2.45) is 17.8 Å². The number of carboxylic acids is 1. The molecule has 1 saturated carbocycles. The number of anilines is 1. The molecule has 2 aliphatic carbocycles. The molecule has 3 fully saturated rings. The van der Waals surface area contributed by atoms with Crippen LogP contribution in [-0.4, -0.2) is 61.0 Å². The topological polar surface area (TPSA) is 132 Å². The molecular weight excluding hydrogens is 654 g/mol. The molecule has 2 aromatic carbocycles. The van der Waals surface area contributed by atoms with E-state index in [4.69, 9.17) is 28.3 Å². The van der Waals surface area contributed by atoms with Crippen LogP contribution in [0.15, 0.2) is 35.9 Å². The Bertz CT molecular complexity index is 1760. The lowest BCUT2D eigenvalue weighted by atomic mass is 9.56. The van der Waals surface area contributed by atoms with Crippen LogP contribution >= 0.6 is 23.2 Å². The van der Waals surface area contributed by atoms with E-state index in [1.807, 2.05) is 0 Å². The van der Waals surface area contributed by atoms with Crippen molar-refractivity contribution in [3.05, 3.63) is 70.6 Å². The highest BCUT2D eigenvalue weighted by molar-refractivity contribution is 6.58. The van der Waals surface area contributed by atoms with E-state index >= 15 is 8.78 Å². The lowest BCUT2D eigenvalue weighted by molar-refractivity contribution is -0.142. The van der Waals surface area contributed by atoms with E-state index in [1.165, 1.54) is 24.3 Å². The van der Waals surface area contributed by atoms with Gasteiger partial charge in [-0.2, -0.15) is 0 Å². The van der Waals surface area contributed by atoms with Gasteiger partial charge in [0.1, 0.15) is 11.4 Å². The first-order chi connectivity index (χ1) is 21.1. The number of allylic oxidation sites excluding steroid dienone is 2. The third-order valence-electron chi connectivity index (χ3n) is 9.07. The van der Waals surface area contributed by atoms with Crippen LogP contribution in [0.25, 0.3) is 0 Å². The highest BCUT2D eigenvalue weighted by atomic mass is 35.5. The maximum Gasteiger partial charge on any atom is 0.305 e. The van der Waals surface area contributed by atoms with Crippen LogP contribution in [0.4, 0.5) is 27.6 Å². The molecule has 0 radical (unpaired) electrons. The van der Waals surface area contributed by atoms with Crippen molar-refractivity contribution >= 4 is 58.5 Å². The number of hydrogen-bond donors (Lipinski definition) is 2. The maximum absolute atomic E-state index is 15.0. The number of benzene rings is 2. The Hall–Kier alpha value is -4.04. The highest BCUT2D eigenvalue weighted by Gasteiger charge is 2.77. The second-order valence-electron chi connectivity index (χ2n) is 11.3. The Morgan fingerprint density at radius 2 is 1.53 bits per heavy atom. The van der Waals surface area contributed by atoms with E-state index in [-0.39, 0.29) is 28.2 Å². The number of carbonyl (C=O) groups excluding carboxylic acids is 4. The minimum absolute atomic E-state index is 0.0457. The molecule has 6 atom stereocenters. The molecule has 9 nitrogen and oxygen atoms in total. The molecule has 0 spiro atoms. The van der Waals surface area contributed by atoms with E-state index in [2.05, 4.69) is 0 Å². The van der Waals surface area contributed by atoms with Crippen LogP contribution in [0.5, 0.6) is 5.75 Å². The molecule has 6 rings (SSSR count). The number of aliphatic carboxylic acids is 1. The zero-order valence-electron chi connectivity index (χ0n) is 22.5. The molecule has 2 saturated heterocycles.